The summed E-state index contributed by atoms with van der Waals surface area (Å²) in [5.41, 5.74) is 5.66. The Kier molecular flexibility index (Phi) is 4.10. The zero-order valence-corrected chi connectivity index (χ0v) is 9.38. The molecule has 0 aliphatic carbocycles. The summed E-state index contributed by atoms with van der Waals surface area (Å²) in [6.45, 7) is 2.58. The van der Waals surface area contributed by atoms with Crippen molar-refractivity contribution in [2.24, 2.45) is 5.73 Å². The Hall–Kier alpha value is -0.870. The van der Waals surface area contributed by atoms with Gasteiger partial charge in [-0.1, -0.05) is 13.0 Å². The van der Waals surface area contributed by atoms with E-state index >= 15 is 0 Å². The van der Waals surface area contributed by atoms with Crippen LogP contribution in [0.4, 0.5) is 0 Å². The largest absolute Gasteiger partial charge is 0.339 e. The van der Waals surface area contributed by atoms with Crippen LogP contribution in [0.15, 0.2) is 17.5 Å². The fourth-order valence-corrected chi connectivity index (χ4v) is 1.93. The Bertz CT molecular complexity index is 284. The van der Waals surface area contributed by atoms with Crippen LogP contribution in [0.25, 0.3) is 0 Å². The molecular formula is C10H16N2OS. The maximum absolute atomic E-state index is 11.6. The number of nitrogens with two attached hydrogens (primary N) is 1. The smallest absolute Gasteiger partial charge is 0.239 e. The summed E-state index contributed by atoms with van der Waals surface area (Å²) in [6, 6.07) is 3.64. The van der Waals surface area contributed by atoms with E-state index in [1.165, 1.54) is 4.88 Å². The van der Waals surface area contributed by atoms with Crippen molar-refractivity contribution in [3.8, 4) is 0 Å². The second-order valence-electron chi connectivity index (χ2n) is 3.29. The van der Waals surface area contributed by atoms with Gasteiger partial charge in [0.1, 0.15) is 0 Å². The quantitative estimate of drug-likeness (QED) is 0.821. The first-order valence-electron chi connectivity index (χ1n) is 4.68. The van der Waals surface area contributed by atoms with Gasteiger partial charge >= 0.3 is 0 Å². The number of nitrogens with zero attached hydrogens (tertiary/aromatic N) is 1. The molecule has 2 N–H and O–H groups in total. The van der Waals surface area contributed by atoms with Crippen molar-refractivity contribution >= 4 is 17.2 Å². The van der Waals surface area contributed by atoms with Gasteiger partial charge in [0.25, 0.3) is 0 Å². The van der Waals surface area contributed by atoms with Gasteiger partial charge in [0.2, 0.25) is 5.91 Å². The van der Waals surface area contributed by atoms with E-state index in [0.717, 1.165) is 0 Å². The maximum atomic E-state index is 11.6. The van der Waals surface area contributed by atoms with Crippen LogP contribution >= 0.6 is 11.3 Å². The fraction of sp³-hybridized carbons (Fsp3) is 0.500. The Morgan fingerprint density at radius 3 is 2.93 bits per heavy atom. The molecule has 1 amide bonds. The summed E-state index contributed by atoms with van der Waals surface area (Å²) in [5.74, 6) is 0.0147. The molecule has 0 fully saturated rings. The third-order valence-electron chi connectivity index (χ3n) is 2.11. The molecule has 1 heterocycles. The first kappa shape index (κ1) is 11.2. The Labute approximate surface area is 88.5 Å². The van der Waals surface area contributed by atoms with Gasteiger partial charge in [-0.3, -0.25) is 4.79 Å². The highest BCUT2D eigenvalue weighted by Crippen LogP contribution is 2.11. The standard InChI is InChI=1S/C10H16N2OS/c1-3-9(11)10(13)12(2)7-8-5-4-6-14-8/h4-6,9H,3,7,11H2,1-2H3/t9-/m0/s1. The predicted molar refractivity (Wildman–Crippen MR) is 59.1 cm³/mol. The molecule has 4 heteroatoms. The van der Waals surface area contributed by atoms with Crippen LogP contribution < -0.4 is 5.73 Å². The monoisotopic (exact) mass is 212 g/mol. The van der Waals surface area contributed by atoms with E-state index < -0.39 is 0 Å². The van der Waals surface area contributed by atoms with E-state index in [9.17, 15) is 4.79 Å². The lowest BCUT2D eigenvalue weighted by Crippen LogP contribution is -2.40. The number of carbonyl (C=O) groups is 1. The molecular weight excluding hydrogens is 196 g/mol. The molecule has 0 unspecified atom stereocenters. The molecule has 78 valence electrons. The number of rotatable bonds is 4. The van der Waals surface area contributed by atoms with Gasteiger partial charge in [-0.15, -0.1) is 11.3 Å². The topological polar surface area (TPSA) is 46.3 Å². The van der Waals surface area contributed by atoms with Gasteiger partial charge < -0.3 is 10.6 Å². The van der Waals surface area contributed by atoms with Gasteiger partial charge in [0.05, 0.1) is 12.6 Å². The van der Waals surface area contributed by atoms with Crippen LogP contribution in [0.2, 0.25) is 0 Å². The first-order valence-corrected chi connectivity index (χ1v) is 5.56. The molecule has 0 saturated heterocycles. The van der Waals surface area contributed by atoms with E-state index in [4.69, 9.17) is 5.73 Å². The van der Waals surface area contributed by atoms with E-state index in [1.54, 1.807) is 23.3 Å². The van der Waals surface area contributed by atoms with E-state index in [2.05, 4.69) is 0 Å². The number of hydrogen-bond acceptors (Lipinski definition) is 3. The molecule has 14 heavy (non-hydrogen) atoms. The molecule has 1 aromatic heterocycles. The minimum absolute atomic E-state index is 0.0147. The highest BCUT2D eigenvalue weighted by Gasteiger charge is 2.16. The van der Waals surface area contributed by atoms with Gasteiger partial charge in [-0.2, -0.15) is 0 Å². The summed E-state index contributed by atoms with van der Waals surface area (Å²) >= 11 is 1.65. The molecule has 3 nitrogen and oxygen atoms in total. The number of amides is 1. The van der Waals surface area contributed by atoms with Crippen LogP contribution in [-0.4, -0.2) is 23.9 Å². The second kappa shape index (κ2) is 5.12. The van der Waals surface area contributed by atoms with Crippen molar-refractivity contribution in [2.75, 3.05) is 7.05 Å². The number of thiophene rings is 1. The number of carbonyl (C=O) groups excluding carboxylic acids is 1. The van der Waals surface area contributed by atoms with Gasteiger partial charge in [0, 0.05) is 11.9 Å². The van der Waals surface area contributed by atoms with Crippen molar-refractivity contribution in [3.05, 3.63) is 22.4 Å². The highest BCUT2D eigenvalue weighted by atomic mass is 32.1. The molecule has 1 aromatic rings. The van der Waals surface area contributed by atoms with Crippen molar-refractivity contribution in [3.63, 3.8) is 0 Å². The molecule has 1 rings (SSSR count). The second-order valence-corrected chi connectivity index (χ2v) is 4.32. The zero-order chi connectivity index (χ0) is 10.6. The summed E-state index contributed by atoms with van der Waals surface area (Å²) in [6.07, 6.45) is 0.688. The molecule has 0 radical (unpaired) electrons. The lowest BCUT2D eigenvalue weighted by molar-refractivity contribution is -0.131. The normalized spacial score (nSPS) is 12.5. The summed E-state index contributed by atoms with van der Waals surface area (Å²) < 4.78 is 0. The lowest BCUT2D eigenvalue weighted by atomic mass is 10.2. The zero-order valence-electron chi connectivity index (χ0n) is 8.56. The molecule has 0 aromatic carbocycles. The van der Waals surface area contributed by atoms with Crippen LogP contribution in [0, 0.1) is 0 Å². The van der Waals surface area contributed by atoms with Crippen molar-refractivity contribution in [1.29, 1.82) is 0 Å². The van der Waals surface area contributed by atoms with Crippen LogP contribution in [0.3, 0.4) is 0 Å². The summed E-state index contributed by atoms with van der Waals surface area (Å²) in [7, 11) is 1.79. The lowest BCUT2D eigenvalue weighted by Gasteiger charge is -2.19. The van der Waals surface area contributed by atoms with Crippen molar-refractivity contribution in [1.82, 2.24) is 4.90 Å². The van der Waals surface area contributed by atoms with Crippen LogP contribution in [0.1, 0.15) is 18.2 Å². The van der Waals surface area contributed by atoms with Crippen molar-refractivity contribution < 1.29 is 4.79 Å². The fourth-order valence-electron chi connectivity index (χ4n) is 1.17. The highest BCUT2D eigenvalue weighted by molar-refractivity contribution is 7.09. The third kappa shape index (κ3) is 2.82. The molecule has 0 bridgehead atoms. The van der Waals surface area contributed by atoms with Gasteiger partial charge in [-0.05, 0) is 17.9 Å². The minimum Gasteiger partial charge on any atom is -0.339 e. The predicted octanol–water partition coefficient (Wildman–Crippen LogP) is 1.44. The van der Waals surface area contributed by atoms with E-state index in [1.807, 2.05) is 24.4 Å². The third-order valence-corrected chi connectivity index (χ3v) is 2.97. The number of likely N-dealkylation sites (N-methyl/N-ethyl adjacent to an activating group) is 1. The molecule has 0 aliphatic rings. The summed E-state index contributed by atoms with van der Waals surface area (Å²) in [4.78, 5) is 14.5. The molecule has 1 atom stereocenters. The van der Waals surface area contributed by atoms with Gasteiger partial charge in [0.15, 0.2) is 0 Å². The minimum atomic E-state index is -0.361. The average molecular weight is 212 g/mol. The summed E-state index contributed by atoms with van der Waals surface area (Å²) in [5, 5.41) is 2.01. The Balaban J connectivity index is 2.50. The van der Waals surface area contributed by atoms with E-state index in [-0.39, 0.29) is 11.9 Å². The average Bonchev–Trinajstić information content (AvgIpc) is 2.68. The molecule has 0 aliphatic heterocycles. The van der Waals surface area contributed by atoms with Crippen molar-refractivity contribution in [2.45, 2.75) is 25.9 Å². The van der Waals surface area contributed by atoms with Crippen LogP contribution in [-0.2, 0) is 11.3 Å². The van der Waals surface area contributed by atoms with Gasteiger partial charge in [-0.25, -0.2) is 0 Å². The molecule has 0 spiro atoms. The van der Waals surface area contributed by atoms with E-state index in [0.29, 0.717) is 13.0 Å². The number of hydrogen-bond donors (Lipinski definition) is 1. The molecule has 0 saturated carbocycles. The first-order chi connectivity index (χ1) is 6.65. The maximum Gasteiger partial charge on any atom is 0.239 e. The SMILES string of the molecule is CC[C@H](N)C(=O)N(C)Cc1cccs1. The Morgan fingerprint density at radius 2 is 2.43 bits per heavy atom. The Morgan fingerprint density at radius 1 is 1.71 bits per heavy atom. The van der Waals surface area contributed by atoms with Crippen LogP contribution in [0.5, 0.6) is 0 Å².